The second-order valence-electron chi connectivity index (χ2n) is 3.99. The lowest BCUT2D eigenvalue weighted by atomic mass is 9.94. The molecule has 0 aliphatic heterocycles. The van der Waals surface area contributed by atoms with Gasteiger partial charge in [-0.1, -0.05) is 6.58 Å². The van der Waals surface area contributed by atoms with Crippen molar-refractivity contribution in [3.05, 3.63) is 12.8 Å². The molecule has 0 heterocycles. The number of halogens is 12. The summed E-state index contributed by atoms with van der Waals surface area (Å²) in [5, 5.41) is 0. The fourth-order valence-corrected chi connectivity index (χ4v) is 1.03. The predicted octanol–water partition coefficient (Wildman–Crippen LogP) is 4.94. The van der Waals surface area contributed by atoms with Crippen LogP contribution in [0.5, 0.6) is 0 Å². The Hall–Kier alpha value is -1.30. The quantitative estimate of drug-likeness (QED) is 0.463. The van der Waals surface area contributed by atoms with E-state index in [9.17, 15) is 52.7 Å². The zero-order chi connectivity index (χ0) is 18.4. The summed E-state index contributed by atoms with van der Waals surface area (Å²) in [4.78, 5) is 0. The molecule has 0 fully saturated rings. The molecule has 0 atom stereocenters. The average molecular weight is 358 g/mol. The van der Waals surface area contributed by atoms with Gasteiger partial charge in [0.1, 0.15) is 0 Å². The zero-order valence-corrected chi connectivity index (χ0v) is 10.2. The number of rotatable bonds is 7. The van der Waals surface area contributed by atoms with E-state index in [1.54, 1.807) is 0 Å². The van der Waals surface area contributed by atoms with Crippen LogP contribution in [0, 0.1) is 0 Å². The molecule has 13 heteroatoms. The van der Waals surface area contributed by atoms with Crippen molar-refractivity contribution in [2.45, 2.75) is 42.6 Å². The third-order valence-corrected chi connectivity index (χ3v) is 2.33. The number of hydrogen-bond acceptors (Lipinski definition) is 1. The maximum atomic E-state index is 12.9. The minimum absolute atomic E-state index is 0.561. The molecule has 0 N–H and O–H groups in total. The molecule has 1 nitrogen and oxygen atoms in total. The molecule has 0 unspecified atom stereocenters. The SMILES string of the molecule is C=COC(F)(F)C(F)(F)C(F)(F)C(F)(F)C(F)(F)C(C)(F)F. The van der Waals surface area contributed by atoms with Gasteiger partial charge in [0.15, 0.2) is 0 Å². The Morgan fingerprint density at radius 3 is 1.23 bits per heavy atom. The van der Waals surface area contributed by atoms with Crippen LogP contribution in [0.2, 0.25) is 0 Å². The lowest BCUT2D eigenvalue weighted by molar-refractivity contribution is -0.450. The molecule has 0 aromatic carbocycles. The van der Waals surface area contributed by atoms with Crippen LogP contribution >= 0.6 is 0 Å². The number of hydrogen-bond donors (Lipinski definition) is 0. The topological polar surface area (TPSA) is 9.23 Å². The van der Waals surface area contributed by atoms with Crippen molar-refractivity contribution in [3.8, 4) is 0 Å². The molecule has 0 amide bonds. The Balaban J connectivity index is 6.16. The summed E-state index contributed by atoms with van der Waals surface area (Å²) in [5.74, 6) is -35.4. The van der Waals surface area contributed by atoms with Crippen LogP contribution < -0.4 is 0 Å². The van der Waals surface area contributed by atoms with Gasteiger partial charge in [0.05, 0.1) is 6.26 Å². The van der Waals surface area contributed by atoms with Crippen molar-refractivity contribution < 1.29 is 57.4 Å². The Labute approximate surface area is 114 Å². The predicted molar refractivity (Wildman–Crippen MR) is 46.6 cm³/mol. The molecule has 0 aliphatic rings. The van der Waals surface area contributed by atoms with Crippen LogP contribution in [0.15, 0.2) is 12.8 Å². The van der Waals surface area contributed by atoms with Gasteiger partial charge in [0.2, 0.25) is 0 Å². The van der Waals surface area contributed by atoms with Gasteiger partial charge < -0.3 is 4.74 Å². The third kappa shape index (κ3) is 2.57. The summed E-state index contributed by atoms with van der Waals surface area (Å²) >= 11 is 0. The Kier molecular flexibility index (Phi) is 4.81. The smallest absolute Gasteiger partial charge is 0.436 e. The van der Waals surface area contributed by atoms with Gasteiger partial charge in [-0.3, -0.25) is 0 Å². The van der Waals surface area contributed by atoms with Crippen molar-refractivity contribution in [3.63, 3.8) is 0 Å². The van der Waals surface area contributed by atoms with Crippen molar-refractivity contribution >= 4 is 0 Å². The van der Waals surface area contributed by atoms with Crippen LogP contribution in [-0.4, -0.2) is 35.7 Å². The standard InChI is InChI=1S/C9H6F12O/c1-3-22-9(20,21)8(18,19)7(16,17)6(14,15)5(12,13)4(2,10)11/h3H,1H2,2H3. The van der Waals surface area contributed by atoms with E-state index in [2.05, 4.69) is 11.3 Å². The fraction of sp³-hybridized carbons (Fsp3) is 0.778. The first-order valence-electron chi connectivity index (χ1n) is 4.87. The molecule has 132 valence electrons. The highest BCUT2D eigenvalue weighted by atomic mass is 19.4. The molecule has 0 bridgehead atoms. The van der Waals surface area contributed by atoms with E-state index in [4.69, 9.17) is 0 Å². The van der Waals surface area contributed by atoms with Gasteiger partial charge in [-0.25, -0.2) is 0 Å². The Bertz CT molecular complexity index is 421. The molecule has 0 saturated heterocycles. The van der Waals surface area contributed by atoms with Crippen LogP contribution in [0.3, 0.4) is 0 Å². The van der Waals surface area contributed by atoms with E-state index >= 15 is 0 Å². The summed E-state index contributed by atoms with van der Waals surface area (Å²) in [5.41, 5.74) is 0. The van der Waals surface area contributed by atoms with Crippen LogP contribution in [-0.2, 0) is 4.74 Å². The summed E-state index contributed by atoms with van der Waals surface area (Å²) in [6.45, 7) is 1.28. The molecule has 0 rings (SSSR count). The first-order chi connectivity index (χ1) is 9.31. The molecular formula is C9H6F12O. The van der Waals surface area contributed by atoms with Crippen LogP contribution in [0.25, 0.3) is 0 Å². The van der Waals surface area contributed by atoms with E-state index in [0.29, 0.717) is 0 Å². The molecular weight excluding hydrogens is 352 g/mol. The molecule has 22 heavy (non-hydrogen) atoms. The van der Waals surface area contributed by atoms with Gasteiger partial charge in [-0.15, -0.1) is 0 Å². The lowest BCUT2D eigenvalue weighted by Gasteiger charge is -2.39. The van der Waals surface area contributed by atoms with Gasteiger partial charge >= 0.3 is 35.7 Å². The Morgan fingerprint density at radius 2 is 0.955 bits per heavy atom. The summed E-state index contributed by atoms with van der Waals surface area (Å²) in [7, 11) is 0. The molecule has 0 saturated carbocycles. The van der Waals surface area contributed by atoms with E-state index in [-0.39, 0.29) is 0 Å². The lowest BCUT2D eigenvalue weighted by Crippen LogP contribution is -2.70. The zero-order valence-electron chi connectivity index (χ0n) is 10.2. The molecule has 0 aromatic rings. The fourth-order valence-electron chi connectivity index (χ4n) is 1.03. The van der Waals surface area contributed by atoms with Gasteiger partial charge in [0, 0.05) is 6.92 Å². The first kappa shape index (κ1) is 20.7. The van der Waals surface area contributed by atoms with Crippen molar-refractivity contribution in [2.24, 2.45) is 0 Å². The minimum Gasteiger partial charge on any atom is -0.436 e. The normalized spacial score (nSPS) is 15.7. The molecule has 0 spiro atoms. The van der Waals surface area contributed by atoms with E-state index in [1.165, 1.54) is 0 Å². The van der Waals surface area contributed by atoms with E-state index in [1.807, 2.05) is 0 Å². The van der Waals surface area contributed by atoms with Crippen molar-refractivity contribution in [1.29, 1.82) is 0 Å². The number of ether oxygens (including phenoxy) is 1. The Morgan fingerprint density at radius 1 is 0.636 bits per heavy atom. The highest BCUT2D eigenvalue weighted by Gasteiger charge is 2.90. The maximum absolute atomic E-state index is 12.9. The van der Waals surface area contributed by atoms with Crippen molar-refractivity contribution in [2.75, 3.05) is 0 Å². The van der Waals surface area contributed by atoms with Gasteiger partial charge in [-0.05, 0) is 0 Å². The van der Waals surface area contributed by atoms with Crippen molar-refractivity contribution in [1.82, 2.24) is 0 Å². The molecule has 0 aliphatic carbocycles. The van der Waals surface area contributed by atoms with Gasteiger partial charge in [-0.2, -0.15) is 52.7 Å². The second kappa shape index (κ2) is 5.11. The summed E-state index contributed by atoms with van der Waals surface area (Å²) < 4.78 is 155. The van der Waals surface area contributed by atoms with Gasteiger partial charge in [0.25, 0.3) is 0 Å². The monoisotopic (exact) mass is 358 g/mol. The second-order valence-corrected chi connectivity index (χ2v) is 3.99. The maximum Gasteiger partial charge on any atom is 0.470 e. The first-order valence-corrected chi connectivity index (χ1v) is 4.87. The minimum atomic E-state index is -7.60. The molecule has 0 radical (unpaired) electrons. The highest BCUT2D eigenvalue weighted by molar-refractivity contribution is 5.09. The number of alkyl halides is 12. The van der Waals surface area contributed by atoms with E-state index in [0.717, 1.165) is 0 Å². The van der Waals surface area contributed by atoms with Crippen LogP contribution in [0.1, 0.15) is 6.92 Å². The van der Waals surface area contributed by atoms with E-state index < -0.39 is 48.9 Å². The average Bonchev–Trinajstić information content (AvgIpc) is 2.26. The summed E-state index contributed by atoms with van der Waals surface area (Å²) in [6, 6.07) is 0. The third-order valence-electron chi connectivity index (χ3n) is 2.33. The van der Waals surface area contributed by atoms with Crippen LogP contribution in [0.4, 0.5) is 52.7 Å². The summed E-state index contributed by atoms with van der Waals surface area (Å²) in [6.07, 6.45) is -6.99. The largest absolute Gasteiger partial charge is 0.470 e. The molecule has 0 aromatic heterocycles. The highest BCUT2D eigenvalue weighted by Crippen LogP contribution is 2.59.